The minimum absolute atomic E-state index is 0.329. The summed E-state index contributed by atoms with van der Waals surface area (Å²) in [6.07, 6.45) is 0. The molecule has 0 aliphatic rings. The molecule has 0 fully saturated rings. The van der Waals surface area contributed by atoms with E-state index in [1.54, 1.807) is 31.4 Å². The van der Waals surface area contributed by atoms with Crippen LogP contribution in [-0.2, 0) is 20.9 Å². The van der Waals surface area contributed by atoms with Crippen molar-refractivity contribution in [3.8, 4) is 5.75 Å². The van der Waals surface area contributed by atoms with Gasteiger partial charge in [0.1, 0.15) is 12.4 Å². The van der Waals surface area contributed by atoms with Crippen molar-refractivity contribution in [2.45, 2.75) is 6.61 Å². The van der Waals surface area contributed by atoms with Gasteiger partial charge in [0.15, 0.2) is 6.61 Å². The van der Waals surface area contributed by atoms with E-state index in [-0.39, 0.29) is 12.5 Å². The average molecular weight is 343 g/mol. The van der Waals surface area contributed by atoms with E-state index in [9.17, 15) is 9.59 Å². The van der Waals surface area contributed by atoms with Crippen LogP contribution in [0, 0.1) is 0 Å². The van der Waals surface area contributed by atoms with Crippen molar-refractivity contribution < 1.29 is 23.8 Å². The number of carbonyl (C=O) groups is 2. The molecule has 0 atom stereocenters. The highest BCUT2D eigenvalue weighted by Crippen LogP contribution is 2.08. The second kappa shape index (κ2) is 10.1. The zero-order valence-electron chi connectivity index (χ0n) is 14.1. The van der Waals surface area contributed by atoms with Gasteiger partial charge in [-0.1, -0.05) is 30.3 Å². The lowest BCUT2D eigenvalue weighted by Crippen LogP contribution is -2.32. The monoisotopic (exact) mass is 343 g/mol. The molecule has 2 aromatic carbocycles. The summed E-state index contributed by atoms with van der Waals surface area (Å²) >= 11 is 0. The normalized spacial score (nSPS) is 10.1. The summed E-state index contributed by atoms with van der Waals surface area (Å²) < 4.78 is 15.4. The van der Waals surface area contributed by atoms with Gasteiger partial charge in [-0.05, 0) is 29.8 Å². The molecule has 2 rings (SSSR count). The summed E-state index contributed by atoms with van der Waals surface area (Å²) in [6, 6.07) is 16.1. The van der Waals surface area contributed by atoms with Crippen LogP contribution in [0.2, 0.25) is 0 Å². The highest BCUT2D eigenvalue weighted by Gasteiger charge is 2.10. The quantitative estimate of drug-likeness (QED) is 0.558. The molecule has 6 nitrogen and oxygen atoms in total. The Morgan fingerprint density at radius 3 is 2.40 bits per heavy atom. The van der Waals surface area contributed by atoms with Gasteiger partial charge in [0.05, 0.1) is 18.7 Å². The van der Waals surface area contributed by atoms with Crippen molar-refractivity contribution in [2.75, 3.05) is 26.9 Å². The minimum atomic E-state index is -0.542. The van der Waals surface area contributed by atoms with Gasteiger partial charge in [-0.25, -0.2) is 4.79 Å². The van der Waals surface area contributed by atoms with Crippen molar-refractivity contribution in [3.63, 3.8) is 0 Å². The maximum Gasteiger partial charge on any atom is 0.338 e. The molecule has 0 unspecified atom stereocenters. The van der Waals surface area contributed by atoms with Crippen molar-refractivity contribution in [2.24, 2.45) is 0 Å². The maximum atomic E-state index is 11.9. The third kappa shape index (κ3) is 6.64. The van der Waals surface area contributed by atoms with Gasteiger partial charge in [-0.3, -0.25) is 4.79 Å². The largest absolute Gasteiger partial charge is 0.492 e. The van der Waals surface area contributed by atoms with E-state index in [0.29, 0.717) is 25.3 Å². The molecule has 0 aliphatic carbocycles. The van der Waals surface area contributed by atoms with Crippen molar-refractivity contribution in [1.82, 2.24) is 5.32 Å². The van der Waals surface area contributed by atoms with Crippen molar-refractivity contribution in [3.05, 3.63) is 65.7 Å². The Balaban J connectivity index is 1.64. The van der Waals surface area contributed by atoms with E-state index in [0.717, 1.165) is 11.3 Å². The summed E-state index contributed by atoms with van der Waals surface area (Å²) in [5, 5.41) is 2.63. The molecule has 0 spiro atoms. The summed E-state index contributed by atoms with van der Waals surface area (Å²) in [4.78, 5) is 23.5. The van der Waals surface area contributed by atoms with Crippen LogP contribution in [0.25, 0.3) is 0 Å². The molecule has 0 radical (unpaired) electrons. The number of hydrogen-bond donors (Lipinski definition) is 1. The number of ether oxygens (including phenoxy) is 3. The van der Waals surface area contributed by atoms with E-state index in [4.69, 9.17) is 14.2 Å². The van der Waals surface area contributed by atoms with Crippen LogP contribution in [0.1, 0.15) is 15.9 Å². The Morgan fingerprint density at radius 1 is 1.00 bits per heavy atom. The van der Waals surface area contributed by atoms with Crippen LogP contribution in [0.15, 0.2) is 54.6 Å². The fourth-order valence-electron chi connectivity index (χ4n) is 2.05. The van der Waals surface area contributed by atoms with E-state index in [2.05, 4.69) is 5.32 Å². The first kappa shape index (κ1) is 18.5. The van der Waals surface area contributed by atoms with Crippen molar-refractivity contribution >= 4 is 11.9 Å². The Hall–Kier alpha value is -2.86. The average Bonchev–Trinajstić information content (AvgIpc) is 2.65. The molecule has 0 aromatic heterocycles. The lowest BCUT2D eigenvalue weighted by atomic mass is 10.1. The first-order valence-electron chi connectivity index (χ1n) is 7.88. The number of hydrogen-bond acceptors (Lipinski definition) is 5. The number of nitrogens with one attached hydrogen (secondary N) is 1. The van der Waals surface area contributed by atoms with Crippen LogP contribution < -0.4 is 10.1 Å². The summed E-state index contributed by atoms with van der Waals surface area (Å²) in [7, 11) is 1.60. The molecule has 1 amide bonds. The lowest BCUT2D eigenvalue weighted by molar-refractivity contribution is -0.124. The van der Waals surface area contributed by atoms with E-state index < -0.39 is 5.97 Å². The first-order valence-corrected chi connectivity index (χ1v) is 7.88. The van der Waals surface area contributed by atoms with Gasteiger partial charge in [-0.15, -0.1) is 0 Å². The molecule has 0 bridgehead atoms. The molecular weight excluding hydrogens is 322 g/mol. The third-order valence-electron chi connectivity index (χ3n) is 3.27. The molecule has 0 aliphatic heterocycles. The molecule has 25 heavy (non-hydrogen) atoms. The zero-order chi connectivity index (χ0) is 17.9. The Kier molecular flexibility index (Phi) is 7.46. The van der Waals surface area contributed by atoms with E-state index in [1.807, 2.05) is 30.3 Å². The Labute approximate surface area is 146 Å². The molecular formula is C19H21NO5. The second-order valence-electron chi connectivity index (χ2n) is 5.22. The van der Waals surface area contributed by atoms with Crippen LogP contribution in [0.5, 0.6) is 5.75 Å². The van der Waals surface area contributed by atoms with E-state index in [1.165, 1.54) is 0 Å². The predicted molar refractivity (Wildman–Crippen MR) is 92.4 cm³/mol. The number of para-hydroxylation sites is 1. The SMILES string of the molecule is COCc1ccc(C(=O)OCC(=O)NCCOc2ccccc2)cc1. The van der Waals surface area contributed by atoms with Gasteiger partial charge < -0.3 is 19.5 Å². The number of amides is 1. The lowest BCUT2D eigenvalue weighted by Gasteiger charge is -2.08. The summed E-state index contributed by atoms with van der Waals surface area (Å²) in [5.41, 5.74) is 1.34. The highest BCUT2D eigenvalue weighted by molar-refractivity contribution is 5.91. The number of methoxy groups -OCH3 is 1. The van der Waals surface area contributed by atoms with Crippen LogP contribution in [0.3, 0.4) is 0 Å². The maximum absolute atomic E-state index is 11.9. The minimum Gasteiger partial charge on any atom is -0.492 e. The van der Waals surface area contributed by atoms with Crippen LogP contribution >= 0.6 is 0 Å². The smallest absolute Gasteiger partial charge is 0.338 e. The molecule has 6 heteroatoms. The topological polar surface area (TPSA) is 73.9 Å². The van der Waals surface area contributed by atoms with Gasteiger partial charge >= 0.3 is 5.97 Å². The van der Waals surface area contributed by atoms with Crippen molar-refractivity contribution in [1.29, 1.82) is 0 Å². The fraction of sp³-hybridized carbons (Fsp3) is 0.263. The summed E-state index contributed by atoms with van der Waals surface area (Å²) in [6.45, 7) is 0.814. The third-order valence-corrected chi connectivity index (χ3v) is 3.27. The Morgan fingerprint density at radius 2 is 1.72 bits per heavy atom. The summed E-state index contributed by atoms with van der Waals surface area (Å²) in [5.74, 6) is -0.180. The highest BCUT2D eigenvalue weighted by atomic mass is 16.5. The Bertz CT molecular complexity index is 670. The predicted octanol–water partition coefficient (Wildman–Crippen LogP) is 2.18. The van der Waals surface area contributed by atoms with Crippen LogP contribution in [-0.4, -0.2) is 38.7 Å². The first-order chi connectivity index (χ1) is 12.2. The zero-order valence-corrected chi connectivity index (χ0v) is 14.1. The standard InChI is InChI=1S/C19H21NO5/c1-23-13-15-7-9-16(10-8-15)19(22)25-14-18(21)20-11-12-24-17-5-3-2-4-6-17/h2-10H,11-14H2,1H3,(H,20,21). The van der Waals surface area contributed by atoms with Gasteiger partial charge in [0, 0.05) is 7.11 Å². The number of carbonyl (C=O) groups excluding carboxylic acids is 2. The molecule has 1 N–H and O–H groups in total. The molecule has 0 heterocycles. The molecule has 132 valence electrons. The van der Waals surface area contributed by atoms with E-state index >= 15 is 0 Å². The number of benzene rings is 2. The molecule has 2 aromatic rings. The van der Waals surface area contributed by atoms with Crippen LogP contribution in [0.4, 0.5) is 0 Å². The number of esters is 1. The van der Waals surface area contributed by atoms with Gasteiger partial charge in [0.2, 0.25) is 0 Å². The molecule has 0 saturated heterocycles. The second-order valence-corrected chi connectivity index (χ2v) is 5.22. The van der Waals surface area contributed by atoms with Gasteiger partial charge in [0.25, 0.3) is 5.91 Å². The van der Waals surface area contributed by atoms with Gasteiger partial charge in [-0.2, -0.15) is 0 Å². The molecule has 0 saturated carbocycles. The fourth-order valence-corrected chi connectivity index (χ4v) is 2.05. The number of rotatable bonds is 9.